The number of aromatic nitrogens is 3. The van der Waals surface area contributed by atoms with E-state index in [2.05, 4.69) is 57.7 Å². The highest BCUT2D eigenvalue weighted by atomic mass is 16.5. The molecule has 128 valence electrons. The van der Waals surface area contributed by atoms with E-state index in [1.807, 2.05) is 11.7 Å². The number of nitrogens with zero attached hydrogens (tertiary/aromatic N) is 4. The molecule has 1 fully saturated rings. The molecule has 2 aromatic carbocycles. The molecule has 5 rings (SSSR count). The summed E-state index contributed by atoms with van der Waals surface area (Å²) in [5.41, 5.74) is 6.05. The molecule has 1 atom stereocenters. The van der Waals surface area contributed by atoms with Gasteiger partial charge >= 0.3 is 0 Å². The van der Waals surface area contributed by atoms with Crippen LogP contribution in [0, 0.1) is 0 Å². The normalized spacial score (nSPS) is 23.4. The summed E-state index contributed by atoms with van der Waals surface area (Å²) in [6, 6.07) is 15.2. The lowest BCUT2D eigenvalue weighted by Crippen LogP contribution is -2.48. The maximum atomic E-state index is 6.33. The molecule has 1 saturated heterocycles. The Hall–Kier alpha value is -2.24. The van der Waals surface area contributed by atoms with Crippen molar-refractivity contribution in [1.82, 2.24) is 19.9 Å². The maximum absolute atomic E-state index is 6.33. The van der Waals surface area contributed by atoms with E-state index in [0.29, 0.717) is 0 Å². The van der Waals surface area contributed by atoms with Gasteiger partial charge in [0.2, 0.25) is 0 Å². The Morgan fingerprint density at radius 3 is 3.08 bits per heavy atom. The van der Waals surface area contributed by atoms with E-state index < -0.39 is 0 Å². The minimum atomic E-state index is -0.120. The van der Waals surface area contributed by atoms with E-state index in [4.69, 9.17) is 4.74 Å². The molecule has 2 heterocycles. The molecule has 5 heteroatoms. The number of rotatable bonds is 2. The summed E-state index contributed by atoms with van der Waals surface area (Å²) in [6.07, 6.45) is 2.21. The van der Waals surface area contributed by atoms with E-state index in [-0.39, 0.29) is 5.60 Å². The predicted molar refractivity (Wildman–Crippen MR) is 96.2 cm³/mol. The molecule has 25 heavy (non-hydrogen) atoms. The van der Waals surface area contributed by atoms with Crippen molar-refractivity contribution < 1.29 is 4.74 Å². The smallest absolute Gasteiger partial charge is 0.113 e. The van der Waals surface area contributed by atoms with Gasteiger partial charge in [-0.25, -0.2) is 4.68 Å². The van der Waals surface area contributed by atoms with Crippen LogP contribution in [0.3, 0.4) is 0 Å². The van der Waals surface area contributed by atoms with Gasteiger partial charge in [0.05, 0.1) is 12.1 Å². The van der Waals surface area contributed by atoms with E-state index in [1.165, 1.54) is 16.7 Å². The molecule has 1 unspecified atom stereocenters. The summed E-state index contributed by atoms with van der Waals surface area (Å²) < 4.78 is 8.14. The molecule has 1 spiro atoms. The molecule has 0 radical (unpaired) electrons. The first-order valence-corrected chi connectivity index (χ1v) is 8.97. The summed E-state index contributed by atoms with van der Waals surface area (Å²) in [4.78, 5) is 2.52. The van der Waals surface area contributed by atoms with Crippen molar-refractivity contribution in [2.75, 3.05) is 19.7 Å². The average molecular weight is 334 g/mol. The zero-order chi connectivity index (χ0) is 16.9. The van der Waals surface area contributed by atoms with Crippen molar-refractivity contribution in [2.45, 2.75) is 25.0 Å². The molecule has 5 nitrogen and oxygen atoms in total. The van der Waals surface area contributed by atoms with Gasteiger partial charge in [0, 0.05) is 26.7 Å². The van der Waals surface area contributed by atoms with Crippen LogP contribution in [-0.2, 0) is 30.4 Å². The third-order valence-electron chi connectivity index (χ3n) is 5.65. The van der Waals surface area contributed by atoms with Crippen molar-refractivity contribution in [3.8, 4) is 0 Å². The van der Waals surface area contributed by atoms with E-state index in [9.17, 15) is 0 Å². The van der Waals surface area contributed by atoms with Gasteiger partial charge < -0.3 is 4.74 Å². The first kappa shape index (κ1) is 15.0. The average Bonchev–Trinajstić information content (AvgIpc) is 3.17. The summed E-state index contributed by atoms with van der Waals surface area (Å²) in [5.74, 6) is 0. The molecule has 0 saturated carbocycles. The highest BCUT2D eigenvalue weighted by Crippen LogP contribution is 2.42. The van der Waals surface area contributed by atoms with Gasteiger partial charge in [0.1, 0.15) is 11.1 Å². The Bertz CT molecular complexity index is 930. The number of fused-ring (bicyclic) bond motifs is 3. The highest BCUT2D eigenvalue weighted by molar-refractivity contribution is 5.74. The van der Waals surface area contributed by atoms with Crippen LogP contribution in [-0.4, -0.2) is 39.6 Å². The van der Waals surface area contributed by atoms with Crippen molar-refractivity contribution in [3.05, 3.63) is 59.2 Å². The van der Waals surface area contributed by atoms with Crippen LogP contribution < -0.4 is 0 Å². The number of aryl methyl sites for hydroxylation is 2. The number of hydrogen-bond acceptors (Lipinski definition) is 4. The Morgan fingerprint density at radius 1 is 1.20 bits per heavy atom. The fourth-order valence-corrected chi connectivity index (χ4v) is 4.40. The van der Waals surface area contributed by atoms with E-state index in [1.54, 1.807) is 0 Å². The molecule has 0 amide bonds. The van der Waals surface area contributed by atoms with Gasteiger partial charge in [-0.3, -0.25) is 4.90 Å². The number of hydrogen-bond donors (Lipinski definition) is 0. The molecule has 3 aromatic rings. The van der Waals surface area contributed by atoms with Crippen LogP contribution in [0.1, 0.15) is 23.1 Å². The minimum absolute atomic E-state index is 0.120. The van der Waals surface area contributed by atoms with Crippen LogP contribution in [0.25, 0.3) is 11.0 Å². The van der Waals surface area contributed by atoms with Gasteiger partial charge in [0.15, 0.2) is 0 Å². The van der Waals surface area contributed by atoms with Gasteiger partial charge in [-0.1, -0.05) is 35.5 Å². The molecule has 1 aliphatic heterocycles. The highest BCUT2D eigenvalue weighted by Gasteiger charge is 2.43. The summed E-state index contributed by atoms with van der Waals surface area (Å²) in [5, 5.41) is 8.34. The van der Waals surface area contributed by atoms with Crippen LogP contribution >= 0.6 is 0 Å². The Balaban J connectivity index is 1.39. The van der Waals surface area contributed by atoms with Crippen molar-refractivity contribution in [1.29, 1.82) is 0 Å². The topological polar surface area (TPSA) is 43.2 Å². The fraction of sp³-hybridized carbons (Fsp3) is 0.400. The Kier molecular flexibility index (Phi) is 3.40. The van der Waals surface area contributed by atoms with Crippen molar-refractivity contribution in [3.63, 3.8) is 0 Å². The largest absolute Gasteiger partial charge is 0.368 e. The monoisotopic (exact) mass is 334 g/mol. The van der Waals surface area contributed by atoms with E-state index in [0.717, 1.165) is 50.1 Å². The maximum Gasteiger partial charge on any atom is 0.113 e. The van der Waals surface area contributed by atoms with Gasteiger partial charge in [-0.05, 0) is 41.7 Å². The summed E-state index contributed by atoms with van der Waals surface area (Å²) in [6.45, 7) is 3.66. The van der Waals surface area contributed by atoms with Crippen LogP contribution in [0.5, 0.6) is 0 Å². The van der Waals surface area contributed by atoms with Crippen molar-refractivity contribution in [2.24, 2.45) is 7.05 Å². The van der Waals surface area contributed by atoms with Crippen molar-refractivity contribution >= 4 is 11.0 Å². The van der Waals surface area contributed by atoms with Crippen LogP contribution in [0.4, 0.5) is 0 Å². The first-order chi connectivity index (χ1) is 12.2. The predicted octanol–water partition coefficient (Wildman–Crippen LogP) is 2.64. The van der Waals surface area contributed by atoms with Gasteiger partial charge in [0.25, 0.3) is 0 Å². The zero-order valence-corrected chi connectivity index (χ0v) is 14.5. The standard InChI is InChI=1S/C20H22N4O/c1-23-19-7-6-15(12-18(19)21-22-23)13-24-10-11-25-20(14-24)9-8-16-4-2-3-5-17(16)20/h2-7,12H,8-11,13-14H2,1H3. The quantitative estimate of drug-likeness (QED) is 0.723. The second kappa shape index (κ2) is 5.64. The first-order valence-electron chi connectivity index (χ1n) is 8.97. The second-order valence-electron chi connectivity index (χ2n) is 7.25. The SMILES string of the molecule is Cn1nnc2cc(CN3CCOC4(CCc5ccccc54)C3)ccc21. The van der Waals surface area contributed by atoms with Gasteiger partial charge in [-0.15, -0.1) is 5.10 Å². The summed E-state index contributed by atoms with van der Waals surface area (Å²) >= 11 is 0. The van der Waals surface area contributed by atoms with Crippen LogP contribution in [0.2, 0.25) is 0 Å². The third kappa shape index (κ3) is 2.46. The van der Waals surface area contributed by atoms with Crippen LogP contribution in [0.15, 0.2) is 42.5 Å². The fourth-order valence-electron chi connectivity index (χ4n) is 4.40. The zero-order valence-electron chi connectivity index (χ0n) is 14.5. The summed E-state index contributed by atoms with van der Waals surface area (Å²) in [7, 11) is 1.93. The van der Waals surface area contributed by atoms with E-state index >= 15 is 0 Å². The number of morpholine rings is 1. The second-order valence-corrected chi connectivity index (χ2v) is 7.25. The lowest BCUT2D eigenvalue weighted by Gasteiger charge is -2.41. The van der Waals surface area contributed by atoms with Gasteiger partial charge in [-0.2, -0.15) is 0 Å². The Morgan fingerprint density at radius 2 is 2.12 bits per heavy atom. The number of benzene rings is 2. The molecule has 1 aromatic heterocycles. The molecule has 0 N–H and O–H groups in total. The minimum Gasteiger partial charge on any atom is -0.368 e. The third-order valence-corrected chi connectivity index (χ3v) is 5.65. The lowest BCUT2D eigenvalue weighted by atomic mass is 9.93. The lowest BCUT2D eigenvalue weighted by molar-refractivity contribution is -0.115. The molecular formula is C20H22N4O. The molecule has 1 aliphatic carbocycles. The molecule has 0 bridgehead atoms. The Labute approximate surface area is 147 Å². The molecular weight excluding hydrogens is 312 g/mol. The molecule has 2 aliphatic rings. The number of ether oxygens (including phenoxy) is 1.